The number of anilines is 2. The number of benzene rings is 2. The molecule has 0 fully saturated rings. The van der Waals surface area contributed by atoms with Gasteiger partial charge in [0.1, 0.15) is 6.54 Å². The third-order valence-corrected chi connectivity index (χ3v) is 4.38. The lowest BCUT2D eigenvalue weighted by Crippen LogP contribution is -2.25. The minimum Gasteiger partial charge on any atom is -0.382 e. The quantitative estimate of drug-likeness (QED) is 0.589. The van der Waals surface area contributed by atoms with Gasteiger partial charge in [-0.25, -0.2) is 4.68 Å². The van der Waals surface area contributed by atoms with E-state index in [0.29, 0.717) is 10.7 Å². The van der Waals surface area contributed by atoms with Gasteiger partial charge in [-0.15, -0.1) is 5.10 Å². The summed E-state index contributed by atoms with van der Waals surface area (Å²) in [5, 5.41) is 13.6. The normalized spacial score (nSPS) is 10.5. The Hall–Kier alpha value is -3.39. The number of nitrogens with zero attached hydrogens (tertiary/aromatic N) is 3. The lowest BCUT2D eigenvalue weighted by Gasteiger charge is -2.07. The fourth-order valence-electron chi connectivity index (χ4n) is 2.47. The first-order valence-corrected chi connectivity index (χ1v) is 8.89. The average Bonchev–Trinajstić information content (AvgIpc) is 3.03. The Morgan fingerprint density at radius 2 is 1.86 bits per heavy atom. The maximum absolute atomic E-state index is 12.3. The molecule has 8 nitrogen and oxygen atoms in total. The molecule has 0 radical (unpaired) electrons. The van der Waals surface area contributed by atoms with Crippen molar-refractivity contribution < 1.29 is 9.59 Å². The minimum absolute atomic E-state index is 0.00992. The molecule has 9 heteroatoms. The van der Waals surface area contributed by atoms with Crippen LogP contribution < -0.4 is 16.4 Å². The molecule has 0 atom stereocenters. The Labute approximate surface area is 166 Å². The monoisotopic (exact) mass is 398 g/mol. The summed E-state index contributed by atoms with van der Waals surface area (Å²) in [6.45, 7) is 2.02. The largest absolute Gasteiger partial charge is 0.382 e. The molecular formula is C19H19ClN6O2. The zero-order chi connectivity index (χ0) is 20.1. The number of nitrogens with two attached hydrogens (primary N) is 1. The van der Waals surface area contributed by atoms with Crippen molar-refractivity contribution in [2.75, 3.05) is 11.1 Å². The molecule has 0 aliphatic heterocycles. The molecule has 0 aliphatic carbocycles. The molecule has 0 aliphatic rings. The SMILES string of the molecule is Cc1ccc(NC(=O)Cn2nnc(C(=O)NCc3ccccc3Cl)c2N)cc1. The van der Waals surface area contributed by atoms with E-state index in [1.807, 2.05) is 25.1 Å². The van der Waals surface area contributed by atoms with E-state index in [0.717, 1.165) is 11.1 Å². The second kappa shape index (κ2) is 8.53. The van der Waals surface area contributed by atoms with Crippen molar-refractivity contribution in [2.24, 2.45) is 0 Å². The maximum Gasteiger partial charge on any atom is 0.275 e. The highest BCUT2D eigenvalue weighted by atomic mass is 35.5. The number of halogens is 1. The number of hydrogen-bond acceptors (Lipinski definition) is 5. The van der Waals surface area contributed by atoms with Crippen molar-refractivity contribution in [3.05, 3.63) is 70.4 Å². The highest BCUT2D eigenvalue weighted by molar-refractivity contribution is 6.31. The molecule has 2 aromatic carbocycles. The van der Waals surface area contributed by atoms with Crippen LogP contribution in [0.3, 0.4) is 0 Å². The summed E-state index contributed by atoms with van der Waals surface area (Å²) >= 11 is 6.07. The summed E-state index contributed by atoms with van der Waals surface area (Å²) in [4.78, 5) is 24.5. The predicted molar refractivity (Wildman–Crippen MR) is 107 cm³/mol. The molecule has 0 unspecified atom stereocenters. The Morgan fingerprint density at radius 1 is 1.14 bits per heavy atom. The third kappa shape index (κ3) is 4.66. The van der Waals surface area contributed by atoms with Crippen molar-refractivity contribution >= 4 is 34.9 Å². The second-order valence-electron chi connectivity index (χ2n) is 6.17. The number of amides is 2. The standard InChI is InChI=1S/C19H19ClN6O2/c1-12-6-8-14(9-7-12)23-16(27)11-26-18(21)17(24-25-26)19(28)22-10-13-4-2-3-5-15(13)20/h2-9H,10-11,21H2,1H3,(H,22,28)(H,23,27). The molecule has 3 aromatic rings. The first-order valence-electron chi connectivity index (χ1n) is 8.51. The van der Waals surface area contributed by atoms with E-state index in [9.17, 15) is 9.59 Å². The molecule has 144 valence electrons. The van der Waals surface area contributed by atoms with Gasteiger partial charge < -0.3 is 16.4 Å². The molecule has 1 heterocycles. The van der Waals surface area contributed by atoms with Gasteiger partial charge in [0.2, 0.25) is 5.91 Å². The van der Waals surface area contributed by atoms with Crippen LogP contribution in [0.2, 0.25) is 5.02 Å². The van der Waals surface area contributed by atoms with Crippen LogP contribution in [-0.4, -0.2) is 26.8 Å². The summed E-state index contributed by atoms with van der Waals surface area (Å²) in [5.74, 6) is -0.818. The van der Waals surface area contributed by atoms with Gasteiger partial charge in [-0.1, -0.05) is 52.7 Å². The first-order chi connectivity index (χ1) is 13.4. The fourth-order valence-corrected chi connectivity index (χ4v) is 2.68. The number of nitrogens with one attached hydrogen (secondary N) is 2. The van der Waals surface area contributed by atoms with E-state index >= 15 is 0 Å². The van der Waals surface area contributed by atoms with E-state index in [1.54, 1.807) is 30.3 Å². The van der Waals surface area contributed by atoms with Gasteiger partial charge >= 0.3 is 0 Å². The summed E-state index contributed by atoms with van der Waals surface area (Å²) in [5.41, 5.74) is 8.40. The first kappa shape index (κ1) is 19.4. The summed E-state index contributed by atoms with van der Waals surface area (Å²) in [7, 11) is 0. The number of aromatic nitrogens is 3. The van der Waals surface area contributed by atoms with Crippen LogP contribution in [0, 0.1) is 6.92 Å². The van der Waals surface area contributed by atoms with Crippen LogP contribution >= 0.6 is 11.6 Å². The van der Waals surface area contributed by atoms with Crippen molar-refractivity contribution in [3.63, 3.8) is 0 Å². The number of carbonyl (C=O) groups excluding carboxylic acids is 2. The molecule has 4 N–H and O–H groups in total. The fraction of sp³-hybridized carbons (Fsp3) is 0.158. The number of aryl methyl sites for hydroxylation is 1. The lowest BCUT2D eigenvalue weighted by molar-refractivity contribution is -0.116. The highest BCUT2D eigenvalue weighted by Gasteiger charge is 2.19. The lowest BCUT2D eigenvalue weighted by atomic mass is 10.2. The van der Waals surface area contributed by atoms with Gasteiger partial charge in [0.25, 0.3) is 5.91 Å². The van der Waals surface area contributed by atoms with E-state index in [4.69, 9.17) is 17.3 Å². The van der Waals surface area contributed by atoms with Crippen LogP contribution in [0.5, 0.6) is 0 Å². The zero-order valence-corrected chi connectivity index (χ0v) is 15.9. The van der Waals surface area contributed by atoms with E-state index in [1.165, 1.54) is 4.68 Å². The number of carbonyl (C=O) groups is 2. The van der Waals surface area contributed by atoms with Gasteiger partial charge in [0.15, 0.2) is 11.5 Å². The molecule has 1 aromatic heterocycles. The van der Waals surface area contributed by atoms with Crippen LogP contribution in [-0.2, 0) is 17.9 Å². The molecule has 0 saturated heterocycles. The van der Waals surface area contributed by atoms with Gasteiger partial charge in [0.05, 0.1) is 0 Å². The molecule has 3 rings (SSSR count). The topological polar surface area (TPSA) is 115 Å². The van der Waals surface area contributed by atoms with Crippen LogP contribution in [0.4, 0.5) is 11.5 Å². The zero-order valence-electron chi connectivity index (χ0n) is 15.1. The van der Waals surface area contributed by atoms with Crippen molar-refractivity contribution in [2.45, 2.75) is 20.0 Å². The molecule has 28 heavy (non-hydrogen) atoms. The van der Waals surface area contributed by atoms with E-state index < -0.39 is 5.91 Å². The molecule has 0 spiro atoms. The summed E-state index contributed by atoms with van der Waals surface area (Å²) in [6, 6.07) is 14.5. The molecule has 0 saturated carbocycles. The van der Waals surface area contributed by atoms with E-state index in [2.05, 4.69) is 20.9 Å². The van der Waals surface area contributed by atoms with Crippen LogP contribution in [0.15, 0.2) is 48.5 Å². The Morgan fingerprint density at radius 3 is 2.57 bits per heavy atom. The summed E-state index contributed by atoms with van der Waals surface area (Å²) < 4.78 is 1.17. The highest BCUT2D eigenvalue weighted by Crippen LogP contribution is 2.15. The van der Waals surface area contributed by atoms with Gasteiger partial charge in [-0.05, 0) is 30.7 Å². The van der Waals surface area contributed by atoms with Crippen LogP contribution in [0.1, 0.15) is 21.6 Å². The molecular weight excluding hydrogens is 380 g/mol. The molecule has 0 bridgehead atoms. The maximum atomic E-state index is 12.3. The van der Waals surface area contributed by atoms with Crippen LogP contribution in [0.25, 0.3) is 0 Å². The number of hydrogen-bond donors (Lipinski definition) is 3. The van der Waals surface area contributed by atoms with Gasteiger partial charge in [-0.2, -0.15) is 0 Å². The third-order valence-electron chi connectivity index (χ3n) is 4.01. The predicted octanol–water partition coefficient (Wildman–Crippen LogP) is 2.39. The van der Waals surface area contributed by atoms with Crippen molar-refractivity contribution in [1.82, 2.24) is 20.3 Å². The Balaban J connectivity index is 1.61. The Bertz CT molecular complexity index is 1000. The number of rotatable bonds is 6. The minimum atomic E-state index is -0.498. The van der Waals surface area contributed by atoms with E-state index in [-0.39, 0.29) is 30.5 Å². The summed E-state index contributed by atoms with van der Waals surface area (Å²) in [6.07, 6.45) is 0. The van der Waals surface area contributed by atoms with Gasteiger partial charge in [0, 0.05) is 17.3 Å². The number of nitrogen functional groups attached to an aromatic ring is 1. The van der Waals surface area contributed by atoms with Crippen molar-refractivity contribution in [3.8, 4) is 0 Å². The average molecular weight is 399 g/mol. The van der Waals surface area contributed by atoms with Gasteiger partial charge in [-0.3, -0.25) is 9.59 Å². The van der Waals surface area contributed by atoms with Crippen molar-refractivity contribution in [1.29, 1.82) is 0 Å². The molecule has 2 amide bonds. The smallest absolute Gasteiger partial charge is 0.275 e. The second-order valence-corrected chi connectivity index (χ2v) is 6.58. The Kier molecular flexibility index (Phi) is 5.90.